The maximum absolute atomic E-state index is 12.8. The number of carbonyl (C=O) groups excluding carboxylic acids is 2. The number of carbonyl (C=O) groups is 2. The van der Waals surface area contributed by atoms with Gasteiger partial charge in [0, 0.05) is 23.6 Å². The first kappa shape index (κ1) is 17.5. The highest BCUT2D eigenvalue weighted by Gasteiger charge is 2.27. The number of rotatable bonds is 4. The predicted molar refractivity (Wildman–Crippen MR) is 97.1 cm³/mol. The molecule has 1 aromatic heterocycles. The molecule has 2 heterocycles. The maximum atomic E-state index is 12.8. The summed E-state index contributed by atoms with van der Waals surface area (Å²) in [6.45, 7) is 6.27. The van der Waals surface area contributed by atoms with Gasteiger partial charge in [-0.05, 0) is 51.5 Å². The van der Waals surface area contributed by atoms with Crippen LogP contribution in [-0.4, -0.2) is 18.4 Å². The van der Waals surface area contributed by atoms with Gasteiger partial charge in [-0.15, -0.1) is 0 Å². The maximum Gasteiger partial charge on any atom is 0.253 e. The zero-order valence-electron chi connectivity index (χ0n) is 14.6. The van der Waals surface area contributed by atoms with E-state index in [1.54, 1.807) is 23.1 Å². The number of aryl methyl sites for hydroxylation is 2. The second kappa shape index (κ2) is 6.92. The summed E-state index contributed by atoms with van der Waals surface area (Å²) in [7, 11) is 0. The van der Waals surface area contributed by atoms with Gasteiger partial charge in [0.2, 0.25) is 5.91 Å². The van der Waals surface area contributed by atoms with Crippen molar-refractivity contribution in [2.75, 3.05) is 11.4 Å². The zero-order chi connectivity index (χ0) is 18.1. The van der Waals surface area contributed by atoms with Gasteiger partial charge in [0.25, 0.3) is 5.91 Å². The standard InChI is InChI=1S/C19H21ClN2O3/c1-11-9-16(13(3)25-11)12(2)21-19(24)15-7-6-14(20)10-17(15)22-8-4-5-18(22)23/h6-7,9-10,12H,4-5,8H2,1-3H3,(H,21,24)/t12-/m1/s1. The Morgan fingerprint density at radius 1 is 1.32 bits per heavy atom. The molecule has 1 saturated heterocycles. The van der Waals surface area contributed by atoms with Crippen molar-refractivity contribution in [2.45, 2.75) is 39.7 Å². The average molecular weight is 361 g/mol. The molecule has 0 spiro atoms. The van der Waals surface area contributed by atoms with Gasteiger partial charge in [0.1, 0.15) is 11.5 Å². The minimum Gasteiger partial charge on any atom is -0.466 e. The molecule has 1 fully saturated rings. The van der Waals surface area contributed by atoms with Crippen LogP contribution >= 0.6 is 11.6 Å². The molecule has 0 radical (unpaired) electrons. The highest BCUT2D eigenvalue weighted by atomic mass is 35.5. The van der Waals surface area contributed by atoms with Crippen LogP contribution in [0.4, 0.5) is 5.69 Å². The molecule has 2 aromatic rings. The first-order valence-corrected chi connectivity index (χ1v) is 8.72. The molecule has 1 N–H and O–H groups in total. The number of hydrogen-bond acceptors (Lipinski definition) is 3. The molecule has 3 rings (SSSR count). The van der Waals surface area contributed by atoms with Crippen LogP contribution in [0, 0.1) is 13.8 Å². The number of anilines is 1. The summed E-state index contributed by atoms with van der Waals surface area (Å²) in [6, 6.07) is 6.73. The van der Waals surface area contributed by atoms with Crippen molar-refractivity contribution in [1.82, 2.24) is 5.32 Å². The van der Waals surface area contributed by atoms with Gasteiger partial charge in [0.15, 0.2) is 0 Å². The summed E-state index contributed by atoms with van der Waals surface area (Å²) in [4.78, 5) is 26.5. The second-order valence-corrected chi connectivity index (χ2v) is 6.81. The van der Waals surface area contributed by atoms with Crippen molar-refractivity contribution in [2.24, 2.45) is 0 Å². The normalized spacial score (nSPS) is 15.5. The van der Waals surface area contributed by atoms with E-state index in [0.29, 0.717) is 29.2 Å². The fraction of sp³-hybridized carbons (Fsp3) is 0.368. The highest BCUT2D eigenvalue weighted by Crippen LogP contribution is 2.29. The summed E-state index contributed by atoms with van der Waals surface area (Å²) in [6.07, 6.45) is 1.29. The number of nitrogens with zero attached hydrogens (tertiary/aromatic N) is 1. The Bertz CT molecular complexity index is 828. The minimum atomic E-state index is -0.239. The van der Waals surface area contributed by atoms with Gasteiger partial charge in [-0.1, -0.05) is 11.6 Å². The van der Waals surface area contributed by atoms with Crippen LogP contribution in [0.25, 0.3) is 0 Å². The number of halogens is 1. The van der Waals surface area contributed by atoms with Crippen molar-refractivity contribution in [3.63, 3.8) is 0 Å². The van der Waals surface area contributed by atoms with Gasteiger partial charge >= 0.3 is 0 Å². The molecular weight excluding hydrogens is 340 g/mol. The van der Waals surface area contributed by atoms with E-state index in [9.17, 15) is 9.59 Å². The van der Waals surface area contributed by atoms with E-state index in [4.69, 9.17) is 16.0 Å². The minimum absolute atomic E-state index is 0.0191. The smallest absolute Gasteiger partial charge is 0.253 e. The lowest BCUT2D eigenvalue weighted by atomic mass is 10.1. The molecule has 1 aliphatic heterocycles. The highest BCUT2D eigenvalue weighted by molar-refractivity contribution is 6.31. The third-order valence-electron chi connectivity index (χ3n) is 4.46. The third kappa shape index (κ3) is 3.56. The fourth-order valence-electron chi connectivity index (χ4n) is 3.26. The molecule has 1 aromatic carbocycles. The van der Waals surface area contributed by atoms with E-state index >= 15 is 0 Å². The van der Waals surface area contributed by atoms with Gasteiger partial charge < -0.3 is 14.6 Å². The van der Waals surface area contributed by atoms with E-state index in [1.165, 1.54) is 0 Å². The lowest BCUT2D eigenvalue weighted by Gasteiger charge is -2.21. The quantitative estimate of drug-likeness (QED) is 0.890. The van der Waals surface area contributed by atoms with Crippen molar-refractivity contribution in [3.05, 3.63) is 51.9 Å². The molecule has 1 aliphatic rings. The first-order chi connectivity index (χ1) is 11.9. The summed E-state index contributed by atoms with van der Waals surface area (Å²) >= 11 is 6.09. The molecule has 0 aliphatic carbocycles. The monoisotopic (exact) mass is 360 g/mol. The summed E-state index contributed by atoms with van der Waals surface area (Å²) in [5, 5.41) is 3.49. The average Bonchev–Trinajstić information content (AvgIpc) is 3.12. The second-order valence-electron chi connectivity index (χ2n) is 6.37. The largest absolute Gasteiger partial charge is 0.466 e. The van der Waals surface area contributed by atoms with Crippen molar-refractivity contribution in [1.29, 1.82) is 0 Å². The van der Waals surface area contributed by atoms with E-state index in [1.807, 2.05) is 26.8 Å². The van der Waals surface area contributed by atoms with E-state index in [-0.39, 0.29) is 17.9 Å². The summed E-state index contributed by atoms with van der Waals surface area (Å²) in [5.41, 5.74) is 1.96. The number of amides is 2. The van der Waals surface area contributed by atoms with Crippen LogP contribution in [0.3, 0.4) is 0 Å². The number of furan rings is 1. The molecule has 5 nitrogen and oxygen atoms in total. The van der Waals surface area contributed by atoms with E-state index in [0.717, 1.165) is 23.5 Å². The topological polar surface area (TPSA) is 62.6 Å². The Morgan fingerprint density at radius 3 is 2.68 bits per heavy atom. The molecule has 0 bridgehead atoms. The van der Waals surface area contributed by atoms with Gasteiger partial charge in [-0.25, -0.2) is 0 Å². The third-order valence-corrected chi connectivity index (χ3v) is 4.70. The molecular formula is C19H21ClN2O3. The molecule has 0 unspecified atom stereocenters. The van der Waals surface area contributed by atoms with Crippen LogP contribution in [0.15, 0.2) is 28.7 Å². The number of benzene rings is 1. The van der Waals surface area contributed by atoms with Gasteiger partial charge in [-0.2, -0.15) is 0 Å². The molecule has 2 amide bonds. The molecule has 132 valence electrons. The van der Waals surface area contributed by atoms with Crippen LogP contribution < -0.4 is 10.2 Å². The van der Waals surface area contributed by atoms with Crippen molar-refractivity contribution >= 4 is 29.1 Å². The SMILES string of the molecule is Cc1cc([C@@H](C)NC(=O)c2ccc(Cl)cc2N2CCCC2=O)c(C)o1. The van der Waals surface area contributed by atoms with Crippen molar-refractivity contribution < 1.29 is 14.0 Å². The number of hydrogen-bond donors (Lipinski definition) is 1. The fourth-order valence-corrected chi connectivity index (χ4v) is 3.42. The first-order valence-electron chi connectivity index (χ1n) is 8.34. The molecule has 1 atom stereocenters. The zero-order valence-corrected chi connectivity index (χ0v) is 15.3. The lowest BCUT2D eigenvalue weighted by molar-refractivity contribution is -0.117. The molecule has 0 saturated carbocycles. The Morgan fingerprint density at radius 2 is 2.08 bits per heavy atom. The number of nitrogens with one attached hydrogen (secondary N) is 1. The van der Waals surface area contributed by atoms with E-state index in [2.05, 4.69) is 5.32 Å². The Kier molecular flexibility index (Phi) is 4.86. The predicted octanol–water partition coefficient (Wildman–Crippen LogP) is 4.17. The van der Waals surface area contributed by atoms with Crippen LogP contribution in [0.2, 0.25) is 5.02 Å². The van der Waals surface area contributed by atoms with Crippen LogP contribution in [0.1, 0.15) is 53.2 Å². The lowest BCUT2D eigenvalue weighted by Crippen LogP contribution is -2.31. The van der Waals surface area contributed by atoms with Crippen LogP contribution in [0.5, 0.6) is 0 Å². The van der Waals surface area contributed by atoms with Gasteiger partial charge in [0.05, 0.1) is 17.3 Å². The summed E-state index contributed by atoms with van der Waals surface area (Å²) < 4.78 is 5.54. The van der Waals surface area contributed by atoms with E-state index < -0.39 is 0 Å². The Balaban J connectivity index is 1.87. The summed E-state index contributed by atoms with van der Waals surface area (Å²) in [5.74, 6) is 1.38. The molecule has 6 heteroatoms. The van der Waals surface area contributed by atoms with Crippen molar-refractivity contribution in [3.8, 4) is 0 Å². The molecule has 25 heavy (non-hydrogen) atoms. The van der Waals surface area contributed by atoms with Crippen LogP contribution in [-0.2, 0) is 4.79 Å². The Labute approximate surface area is 151 Å². The Hall–Kier alpha value is -2.27. The van der Waals surface area contributed by atoms with Gasteiger partial charge in [-0.3, -0.25) is 9.59 Å².